The molecule has 3 rings (SSSR count). The molecule has 0 unspecified atom stereocenters. The van der Waals surface area contributed by atoms with Gasteiger partial charge in [-0.2, -0.15) is 0 Å². The van der Waals surface area contributed by atoms with Crippen LogP contribution in [0, 0.1) is 7.11 Å². The van der Waals surface area contributed by atoms with Crippen molar-refractivity contribution in [2.24, 2.45) is 0 Å². The van der Waals surface area contributed by atoms with Crippen LogP contribution in [0.2, 0.25) is 0 Å². The van der Waals surface area contributed by atoms with Gasteiger partial charge in [-0.05, 0) is 16.7 Å². The van der Waals surface area contributed by atoms with Gasteiger partial charge in [0.1, 0.15) is 5.60 Å². The van der Waals surface area contributed by atoms with Crippen LogP contribution in [0.3, 0.4) is 0 Å². The van der Waals surface area contributed by atoms with Gasteiger partial charge in [0.2, 0.25) is 0 Å². The molecule has 1 heteroatoms. The van der Waals surface area contributed by atoms with E-state index in [1.54, 1.807) is 0 Å². The van der Waals surface area contributed by atoms with Crippen LogP contribution in [-0.2, 0) is 10.3 Å². The second kappa shape index (κ2) is 5.94. The summed E-state index contributed by atoms with van der Waals surface area (Å²) in [5.41, 5.74) is 1.91. The summed E-state index contributed by atoms with van der Waals surface area (Å²) < 4.78 is 5.35. The molecule has 3 radical (unpaired) electrons. The van der Waals surface area contributed by atoms with E-state index in [4.69, 9.17) is 11.8 Å². The minimum Gasteiger partial charge on any atom is -0.344 e. The molecule has 1 nitrogen and oxygen atoms in total. The van der Waals surface area contributed by atoms with Gasteiger partial charge in [-0.1, -0.05) is 91.0 Å². The minimum atomic E-state index is -0.913. The number of ether oxygens (including phenoxy) is 1. The first kappa shape index (κ1) is 13.6. The van der Waals surface area contributed by atoms with Crippen LogP contribution in [0.4, 0.5) is 0 Å². The Kier molecular flexibility index (Phi) is 3.85. The Hall–Kier alpha value is -2.38. The summed E-state index contributed by atoms with van der Waals surface area (Å²) in [5, 5.41) is 0. The van der Waals surface area contributed by atoms with Crippen molar-refractivity contribution in [1.29, 1.82) is 0 Å². The van der Waals surface area contributed by atoms with E-state index in [1.807, 2.05) is 91.0 Å². The zero-order valence-electron chi connectivity index (χ0n) is 11.6. The van der Waals surface area contributed by atoms with Crippen LogP contribution in [-0.4, -0.2) is 0 Å². The van der Waals surface area contributed by atoms with E-state index >= 15 is 0 Å². The smallest absolute Gasteiger partial charge is 0.175 e. The lowest BCUT2D eigenvalue weighted by molar-refractivity contribution is 0.0918. The average Bonchev–Trinajstić information content (AvgIpc) is 2.59. The molecule has 0 saturated carbocycles. The highest BCUT2D eigenvalue weighted by molar-refractivity contribution is 5.47. The first-order chi connectivity index (χ1) is 10.4. The van der Waals surface area contributed by atoms with E-state index in [0.29, 0.717) is 0 Å². The van der Waals surface area contributed by atoms with E-state index in [1.165, 1.54) is 0 Å². The van der Waals surface area contributed by atoms with Crippen molar-refractivity contribution in [3.05, 3.63) is 115 Å². The highest BCUT2D eigenvalue weighted by Gasteiger charge is 2.36. The van der Waals surface area contributed by atoms with Gasteiger partial charge >= 0.3 is 0 Å². The summed E-state index contributed by atoms with van der Waals surface area (Å²) in [5.74, 6) is 0. The van der Waals surface area contributed by atoms with Gasteiger partial charge in [-0.25, -0.2) is 0 Å². The molecule has 0 aromatic heterocycles. The van der Waals surface area contributed by atoms with Crippen LogP contribution < -0.4 is 0 Å². The van der Waals surface area contributed by atoms with Gasteiger partial charge in [0.05, 0.1) is 0 Å². The van der Waals surface area contributed by atoms with Crippen LogP contribution in [0.5, 0.6) is 0 Å². The third-order valence-corrected chi connectivity index (χ3v) is 3.69. The maximum atomic E-state index is 7.82. The molecule has 0 amide bonds. The Labute approximate surface area is 125 Å². The largest absolute Gasteiger partial charge is 0.344 e. The highest BCUT2D eigenvalue weighted by Crippen LogP contribution is 2.39. The molecule has 3 aromatic rings. The first-order valence-corrected chi connectivity index (χ1v) is 6.89. The number of benzene rings is 3. The fraction of sp³-hybridized carbons (Fsp3) is 0.0500. The van der Waals surface area contributed by atoms with E-state index in [2.05, 4.69) is 0 Å². The normalized spacial score (nSPS) is 11.3. The molecule has 0 bridgehead atoms. The van der Waals surface area contributed by atoms with Crippen LogP contribution >= 0.6 is 0 Å². The second-order valence-electron chi connectivity index (χ2n) is 4.88. The SMILES string of the molecule is [C]OC(c1ccccc1)(c1ccccc1)c1ccccc1. The van der Waals surface area contributed by atoms with Crippen molar-refractivity contribution in [2.75, 3.05) is 0 Å². The van der Waals surface area contributed by atoms with Gasteiger partial charge in [-0.3, -0.25) is 0 Å². The lowest BCUT2D eigenvalue weighted by Gasteiger charge is -2.33. The lowest BCUT2D eigenvalue weighted by Crippen LogP contribution is -2.30. The van der Waals surface area contributed by atoms with Crippen molar-refractivity contribution in [3.8, 4) is 0 Å². The number of hydrogen-bond donors (Lipinski definition) is 0. The molecule has 0 N–H and O–H groups in total. The van der Waals surface area contributed by atoms with Crippen LogP contribution in [0.1, 0.15) is 16.7 Å². The summed E-state index contributed by atoms with van der Waals surface area (Å²) in [6.07, 6.45) is 0. The molecule has 3 aromatic carbocycles. The van der Waals surface area contributed by atoms with E-state index in [-0.39, 0.29) is 0 Å². The fourth-order valence-electron chi connectivity index (χ4n) is 2.70. The van der Waals surface area contributed by atoms with Crippen molar-refractivity contribution >= 4 is 0 Å². The fourth-order valence-corrected chi connectivity index (χ4v) is 2.70. The molecule has 0 atom stereocenters. The summed E-state index contributed by atoms with van der Waals surface area (Å²) >= 11 is 0. The maximum Gasteiger partial charge on any atom is 0.175 e. The molecular formula is C20H15O. The molecule has 0 spiro atoms. The first-order valence-electron chi connectivity index (χ1n) is 6.89. The number of rotatable bonds is 4. The van der Waals surface area contributed by atoms with Gasteiger partial charge < -0.3 is 4.74 Å². The van der Waals surface area contributed by atoms with Gasteiger partial charge in [0, 0.05) is 0 Å². The molecule has 101 valence electrons. The van der Waals surface area contributed by atoms with E-state index < -0.39 is 5.60 Å². The summed E-state index contributed by atoms with van der Waals surface area (Å²) in [6, 6.07) is 29.7. The van der Waals surface area contributed by atoms with Crippen molar-refractivity contribution in [2.45, 2.75) is 5.60 Å². The van der Waals surface area contributed by atoms with Crippen molar-refractivity contribution < 1.29 is 4.74 Å². The lowest BCUT2D eigenvalue weighted by atomic mass is 9.80. The standard InChI is InChI=1S/C20H15O/c1-21-20(17-11-5-2-6-12-17,18-13-7-3-8-14-18)19-15-9-4-10-16-19/h2-16H. The second-order valence-corrected chi connectivity index (χ2v) is 4.88. The Morgan fingerprint density at radius 1 is 0.524 bits per heavy atom. The Morgan fingerprint density at radius 3 is 1.05 bits per heavy atom. The summed E-state index contributed by atoms with van der Waals surface area (Å²) in [7, 11) is 7.82. The molecule has 0 heterocycles. The van der Waals surface area contributed by atoms with Gasteiger partial charge in [0.15, 0.2) is 7.11 Å². The van der Waals surface area contributed by atoms with Gasteiger partial charge in [-0.15, -0.1) is 0 Å². The average molecular weight is 271 g/mol. The molecule has 0 fully saturated rings. The Morgan fingerprint density at radius 2 is 0.810 bits per heavy atom. The summed E-state index contributed by atoms with van der Waals surface area (Å²) in [4.78, 5) is 0. The molecule has 0 aliphatic carbocycles. The highest BCUT2D eigenvalue weighted by atomic mass is 16.5. The van der Waals surface area contributed by atoms with Crippen molar-refractivity contribution in [3.63, 3.8) is 0 Å². The monoisotopic (exact) mass is 271 g/mol. The van der Waals surface area contributed by atoms with E-state index in [0.717, 1.165) is 16.7 Å². The van der Waals surface area contributed by atoms with Gasteiger partial charge in [0.25, 0.3) is 0 Å². The number of hydrogen-bond acceptors (Lipinski definition) is 1. The van der Waals surface area contributed by atoms with Crippen LogP contribution in [0.25, 0.3) is 0 Å². The predicted octanol–water partition coefficient (Wildman–Crippen LogP) is 4.54. The molecule has 0 aliphatic rings. The molecule has 0 saturated heterocycles. The minimum absolute atomic E-state index is 0.913. The topological polar surface area (TPSA) is 9.23 Å². The Bertz CT molecular complexity index is 578. The zero-order chi connectivity index (χ0) is 14.5. The van der Waals surface area contributed by atoms with Crippen molar-refractivity contribution in [1.82, 2.24) is 0 Å². The molecule has 0 aliphatic heterocycles. The van der Waals surface area contributed by atoms with E-state index in [9.17, 15) is 0 Å². The quantitative estimate of drug-likeness (QED) is 0.633. The predicted molar refractivity (Wildman–Crippen MR) is 83.5 cm³/mol. The maximum absolute atomic E-state index is 7.82. The third kappa shape index (κ3) is 2.37. The third-order valence-electron chi connectivity index (χ3n) is 3.69. The molecular weight excluding hydrogens is 256 g/mol. The Balaban J connectivity index is 2.29. The zero-order valence-corrected chi connectivity index (χ0v) is 11.6. The van der Waals surface area contributed by atoms with Crippen LogP contribution in [0.15, 0.2) is 91.0 Å². The summed E-state index contributed by atoms with van der Waals surface area (Å²) in [6.45, 7) is 0. The molecule has 21 heavy (non-hydrogen) atoms.